The number of nitrogens with one attached hydrogen (secondary N) is 1. The molecule has 0 radical (unpaired) electrons. The lowest BCUT2D eigenvalue weighted by Crippen LogP contribution is -2.35. The molecule has 0 bridgehead atoms. The fourth-order valence-electron chi connectivity index (χ4n) is 2.06. The van der Waals surface area contributed by atoms with Gasteiger partial charge < -0.3 is 14.9 Å². The third kappa shape index (κ3) is 5.10. The highest BCUT2D eigenvalue weighted by Gasteiger charge is 2.21. The van der Waals surface area contributed by atoms with E-state index in [2.05, 4.69) is 10.2 Å². The van der Waals surface area contributed by atoms with Crippen molar-refractivity contribution in [1.29, 1.82) is 0 Å². The van der Waals surface area contributed by atoms with Crippen molar-refractivity contribution in [2.75, 3.05) is 6.61 Å². The van der Waals surface area contributed by atoms with E-state index in [0.29, 0.717) is 0 Å². The van der Waals surface area contributed by atoms with Crippen LogP contribution in [0, 0.1) is 20.2 Å². The van der Waals surface area contributed by atoms with E-state index in [1.807, 2.05) is 0 Å². The predicted octanol–water partition coefficient (Wildman–Crippen LogP) is 1.46. The summed E-state index contributed by atoms with van der Waals surface area (Å²) in [5.74, 6) is -0.915. The van der Waals surface area contributed by atoms with E-state index in [4.69, 9.17) is 14.9 Å². The number of furan rings is 1. The summed E-state index contributed by atoms with van der Waals surface area (Å²) >= 11 is 0. The zero-order valence-corrected chi connectivity index (χ0v) is 14.4. The first-order valence-electron chi connectivity index (χ1n) is 7.65. The number of benzene rings is 1. The van der Waals surface area contributed by atoms with Gasteiger partial charge in [-0.05, 0) is 31.2 Å². The summed E-state index contributed by atoms with van der Waals surface area (Å²) in [6.45, 7) is 1.76. The van der Waals surface area contributed by atoms with Crippen molar-refractivity contribution >= 4 is 23.8 Å². The number of hydrogen-bond donors (Lipinski definition) is 2. The molecule has 0 saturated heterocycles. The summed E-state index contributed by atoms with van der Waals surface area (Å²) in [6, 6.07) is 6.74. The van der Waals surface area contributed by atoms with Gasteiger partial charge in [0.05, 0.1) is 28.9 Å². The van der Waals surface area contributed by atoms with Crippen LogP contribution in [0.2, 0.25) is 0 Å². The highest BCUT2D eigenvalue weighted by molar-refractivity contribution is 5.92. The Balaban J connectivity index is 2.27. The molecule has 13 heteroatoms. The Morgan fingerprint density at radius 1 is 1.32 bits per heavy atom. The topological polar surface area (TPSA) is 188 Å². The number of nitro groups is 2. The Morgan fingerprint density at radius 3 is 2.71 bits per heavy atom. The monoisotopic (exact) mass is 390 g/mol. The molecule has 0 aliphatic heterocycles. The molecule has 0 aliphatic rings. The van der Waals surface area contributed by atoms with Crippen LogP contribution < -0.4 is 11.2 Å². The van der Waals surface area contributed by atoms with Crippen LogP contribution in [0.1, 0.15) is 23.0 Å². The van der Waals surface area contributed by atoms with Crippen molar-refractivity contribution in [3.63, 3.8) is 0 Å². The second-order valence-electron chi connectivity index (χ2n) is 5.01. The zero-order chi connectivity index (χ0) is 20.7. The number of hydrogen-bond acceptors (Lipinski definition) is 9. The molecule has 3 N–H and O–H groups in total. The van der Waals surface area contributed by atoms with Gasteiger partial charge in [-0.1, -0.05) is 5.43 Å². The van der Waals surface area contributed by atoms with Crippen LogP contribution in [0.25, 0.3) is 11.3 Å². The predicted molar refractivity (Wildman–Crippen MR) is 96.1 cm³/mol. The molecule has 0 atom stereocenters. The number of ether oxygens (including phenoxy) is 1. The Kier molecular flexibility index (Phi) is 6.35. The summed E-state index contributed by atoms with van der Waals surface area (Å²) in [5.41, 5.74) is 6.61. The van der Waals surface area contributed by atoms with Crippen LogP contribution in [0.5, 0.6) is 0 Å². The number of carbonyl (C=O) groups excluding carboxylic acids is 1. The van der Waals surface area contributed by atoms with E-state index in [9.17, 15) is 25.0 Å². The van der Waals surface area contributed by atoms with E-state index in [1.165, 1.54) is 24.3 Å². The van der Waals surface area contributed by atoms with Crippen LogP contribution in [0.4, 0.5) is 5.69 Å². The number of nitro benzene ring substituents is 1. The van der Waals surface area contributed by atoms with Crippen molar-refractivity contribution in [3.8, 4) is 11.3 Å². The number of rotatable bonds is 7. The van der Waals surface area contributed by atoms with Gasteiger partial charge in [0.25, 0.3) is 11.6 Å². The van der Waals surface area contributed by atoms with Crippen molar-refractivity contribution in [2.45, 2.75) is 6.92 Å². The Bertz CT molecular complexity index is 966. The molecule has 1 heterocycles. The zero-order valence-electron chi connectivity index (χ0n) is 14.4. The van der Waals surface area contributed by atoms with Crippen LogP contribution in [-0.4, -0.2) is 34.7 Å². The highest BCUT2D eigenvalue weighted by atomic mass is 16.7. The van der Waals surface area contributed by atoms with Gasteiger partial charge in [-0.25, -0.2) is 14.9 Å². The lowest BCUT2D eigenvalue weighted by atomic mass is 10.1. The Hall–Kier alpha value is -4.29. The van der Waals surface area contributed by atoms with Gasteiger partial charge in [-0.3, -0.25) is 10.1 Å². The maximum atomic E-state index is 11.8. The minimum Gasteiger partial charge on any atom is -0.462 e. The van der Waals surface area contributed by atoms with Gasteiger partial charge in [0.15, 0.2) is 5.03 Å². The molecule has 0 unspecified atom stereocenters. The van der Waals surface area contributed by atoms with Crippen LogP contribution in [0.3, 0.4) is 0 Å². The van der Waals surface area contributed by atoms with Gasteiger partial charge in [-0.15, -0.1) is 5.10 Å². The summed E-state index contributed by atoms with van der Waals surface area (Å²) in [5, 5.41) is 27.5. The average Bonchev–Trinajstić information content (AvgIpc) is 3.09. The van der Waals surface area contributed by atoms with Crippen molar-refractivity contribution in [3.05, 3.63) is 61.9 Å². The second-order valence-corrected chi connectivity index (χ2v) is 5.01. The standard InChI is InChI=1S/C15H14N6O7/c1-2-27-14(22)9-3-5-11(12(7-9)20(23)24)13-6-4-10(28-13)8-17-18-15(16)19-21(25)26/h3-8H,2H2,1H3,(H3,16,18,19)/b17-8+. The first kappa shape index (κ1) is 20.0. The third-order valence-corrected chi connectivity index (χ3v) is 3.15. The quantitative estimate of drug-likeness (QED) is 0.232. The molecule has 28 heavy (non-hydrogen) atoms. The SMILES string of the molecule is CCOC(=O)c1ccc(-c2ccc(/C=N/N=C(N)N[N+](=O)[O-])o2)c([N+](=O)[O-])c1. The fraction of sp³-hybridized carbons (Fsp3) is 0.133. The Labute approximate surface area is 156 Å². The second kappa shape index (κ2) is 8.88. The fourth-order valence-corrected chi connectivity index (χ4v) is 2.06. The molecule has 146 valence electrons. The maximum Gasteiger partial charge on any atom is 0.338 e. The summed E-state index contributed by atoms with van der Waals surface area (Å²) in [7, 11) is 0. The Morgan fingerprint density at radius 2 is 2.07 bits per heavy atom. The molecule has 0 fully saturated rings. The molecule has 13 nitrogen and oxygen atoms in total. The lowest BCUT2D eigenvalue weighted by Gasteiger charge is -2.04. The van der Waals surface area contributed by atoms with Crippen molar-refractivity contribution in [1.82, 2.24) is 5.43 Å². The number of carbonyl (C=O) groups is 1. The number of nitrogens with zero attached hydrogens (tertiary/aromatic N) is 4. The van der Waals surface area contributed by atoms with Crippen molar-refractivity contribution < 1.29 is 23.9 Å². The normalized spacial score (nSPS) is 11.4. The molecule has 0 saturated carbocycles. The van der Waals surface area contributed by atoms with Gasteiger partial charge in [0.1, 0.15) is 11.5 Å². The van der Waals surface area contributed by atoms with E-state index >= 15 is 0 Å². The van der Waals surface area contributed by atoms with Crippen LogP contribution >= 0.6 is 0 Å². The van der Waals surface area contributed by atoms with E-state index < -0.39 is 21.9 Å². The third-order valence-electron chi connectivity index (χ3n) is 3.15. The number of nitrogens with two attached hydrogens (primary N) is 1. The number of guanidine groups is 1. The van der Waals surface area contributed by atoms with Gasteiger partial charge >= 0.3 is 5.97 Å². The van der Waals surface area contributed by atoms with E-state index in [0.717, 1.165) is 12.3 Å². The van der Waals surface area contributed by atoms with Crippen molar-refractivity contribution in [2.24, 2.45) is 15.9 Å². The van der Waals surface area contributed by atoms with Gasteiger partial charge in [0.2, 0.25) is 0 Å². The average molecular weight is 390 g/mol. The first-order chi connectivity index (χ1) is 13.3. The minimum absolute atomic E-state index is 0.0359. The summed E-state index contributed by atoms with van der Waals surface area (Å²) in [6.07, 6.45) is 1.11. The molecule has 2 rings (SSSR count). The molecule has 2 aromatic rings. The van der Waals surface area contributed by atoms with Gasteiger partial charge in [-0.2, -0.15) is 5.10 Å². The smallest absolute Gasteiger partial charge is 0.338 e. The molecular weight excluding hydrogens is 376 g/mol. The maximum absolute atomic E-state index is 11.8. The minimum atomic E-state index is -0.904. The molecule has 1 aromatic carbocycles. The molecule has 0 spiro atoms. The summed E-state index contributed by atoms with van der Waals surface area (Å²) < 4.78 is 10.3. The molecule has 0 amide bonds. The lowest BCUT2D eigenvalue weighted by molar-refractivity contribution is -0.525. The number of hydrazine groups is 1. The van der Waals surface area contributed by atoms with Crippen LogP contribution in [-0.2, 0) is 4.74 Å². The van der Waals surface area contributed by atoms with Gasteiger partial charge in [0, 0.05) is 6.07 Å². The molecule has 0 aliphatic carbocycles. The number of esters is 1. The van der Waals surface area contributed by atoms with Crippen LogP contribution in [0.15, 0.2) is 45.0 Å². The summed E-state index contributed by atoms with van der Waals surface area (Å²) in [4.78, 5) is 32.6. The first-order valence-corrected chi connectivity index (χ1v) is 7.65. The highest BCUT2D eigenvalue weighted by Crippen LogP contribution is 2.32. The largest absolute Gasteiger partial charge is 0.462 e. The van der Waals surface area contributed by atoms with E-state index in [-0.39, 0.29) is 34.9 Å². The molecule has 1 aromatic heterocycles. The molecular formula is C15H14N6O7. The van der Waals surface area contributed by atoms with E-state index in [1.54, 1.807) is 12.3 Å².